The van der Waals surface area contributed by atoms with E-state index in [0.29, 0.717) is 6.04 Å². The van der Waals surface area contributed by atoms with E-state index >= 15 is 0 Å². The molecule has 18 heavy (non-hydrogen) atoms. The quantitative estimate of drug-likeness (QED) is 0.856. The zero-order valence-electron chi connectivity index (χ0n) is 10.4. The van der Waals surface area contributed by atoms with Crippen molar-refractivity contribution in [3.05, 3.63) is 35.4 Å². The van der Waals surface area contributed by atoms with Gasteiger partial charge in [0.15, 0.2) is 0 Å². The summed E-state index contributed by atoms with van der Waals surface area (Å²) in [5, 5.41) is 12.6. The van der Waals surface area contributed by atoms with Crippen molar-refractivity contribution < 1.29 is 9.90 Å². The van der Waals surface area contributed by atoms with Crippen molar-refractivity contribution >= 4 is 5.97 Å². The Morgan fingerprint density at radius 2 is 1.94 bits per heavy atom. The smallest absolute Gasteiger partial charge is 0.308 e. The van der Waals surface area contributed by atoms with Gasteiger partial charge in [-0.15, -0.1) is 0 Å². The molecule has 96 valence electrons. The summed E-state index contributed by atoms with van der Waals surface area (Å²) in [6, 6.07) is 9.22. The lowest BCUT2D eigenvalue weighted by Gasteiger charge is -2.38. The van der Waals surface area contributed by atoms with Gasteiger partial charge in [0.1, 0.15) is 0 Å². The summed E-state index contributed by atoms with van der Waals surface area (Å²) in [4.78, 5) is 11.0. The van der Waals surface area contributed by atoms with E-state index in [9.17, 15) is 4.79 Å². The number of hydrogen-bond donors (Lipinski definition) is 2. The number of fused-ring (bicyclic) bond motifs is 1. The Morgan fingerprint density at radius 1 is 1.17 bits per heavy atom. The molecule has 3 atom stereocenters. The van der Waals surface area contributed by atoms with E-state index in [-0.39, 0.29) is 12.0 Å². The fourth-order valence-corrected chi connectivity index (χ4v) is 3.14. The maximum atomic E-state index is 11.0. The normalized spacial score (nSPS) is 30.3. The van der Waals surface area contributed by atoms with Crippen LogP contribution in [0, 0.1) is 5.92 Å². The van der Waals surface area contributed by atoms with Gasteiger partial charge < -0.3 is 10.4 Å². The van der Waals surface area contributed by atoms with E-state index < -0.39 is 5.97 Å². The van der Waals surface area contributed by atoms with Crippen LogP contribution >= 0.6 is 0 Å². The number of rotatable bonds is 3. The monoisotopic (exact) mass is 245 g/mol. The summed E-state index contributed by atoms with van der Waals surface area (Å²) in [5.74, 6) is -0.808. The number of benzene rings is 1. The maximum absolute atomic E-state index is 11.0. The molecule has 3 unspecified atom stereocenters. The molecule has 1 aromatic rings. The van der Waals surface area contributed by atoms with Gasteiger partial charge >= 0.3 is 5.97 Å². The molecule has 2 N–H and O–H groups in total. The molecule has 0 radical (unpaired) electrons. The van der Waals surface area contributed by atoms with Crippen molar-refractivity contribution in [3.63, 3.8) is 0 Å². The van der Waals surface area contributed by atoms with Crippen LogP contribution in [0.4, 0.5) is 0 Å². The van der Waals surface area contributed by atoms with Crippen molar-refractivity contribution in [2.45, 2.75) is 44.2 Å². The van der Waals surface area contributed by atoms with Crippen LogP contribution in [0.2, 0.25) is 0 Å². The third-order valence-corrected chi connectivity index (χ3v) is 4.39. The first kappa shape index (κ1) is 11.7. The minimum absolute atomic E-state index is 0.165. The third-order valence-electron chi connectivity index (χ3n) is 4.39. The second kappa shape index (κ2) is 4.73. The lowest BCUT2D eigenvalue weighted by Crippen LogP contribution is -2.52. The summed E-state index contributed by atoms with van der Waals surface area (Å²) in [7, 11) is 0. The Hall–Kier alpha value is -1.35. The van der Waals surface area contributed by atoms with Crippen molar-refractivity contribution in [2.75, 3.05) is 0 Å². The van der Waals surface area contributed by atoms with Crippen LogP contribution in [-0.4, -0.2) is 23.2 Å². The number of hydrogen-bond acceptors (Lipinski definition) is 2. The second-order valence-corrected chi connectivity index (χ2v) is 5.50. The number of aliphatic carboxylic acids is 1. The van der Waals surface area contributed by atoms with Gasteiger partial charge in [0, 0.05) is 12.1 Å². The molecular weight excluding hydrogens is 226 g/mol. The molecule has 1 fully saturated rings. The molecule has 0 amide bonds. The predicted molar refractivity (Wildman–Crippen MR) is 69.5 cm³/mol. The molecule has 3 rings (SSSR count). The van der Waals surface area contributed by atoms with Crippen LogP contribution in [-0.2, 0) is 17.6 Å². The van der Waals surface area contributed by atoms with Crippen molar-refractivity contribution in [1.82, 2.24) is 5.32 Å². The van der Waals surface area contributed by atoms with Crippen LogP contribution < -0.4 is 5.32 Å². The van der Waals surface area contributed by atoms with E-state index in [1.807, 2.05) is 0 Å². The highest BCUT2D eigenvalue weighted by Gasteiger charge is 2.37. The van der Waals surface area contributed by atoms with Crippen molar-refractivity contribution in [1.29, 1.82) is 0 Å². The molecule has 1 saturated carbocycles. The summed E-state index contributed by atoms with van der Waals surface area (Å²) >= 11 is 0. The van der Waals surface area contributed by atoms with Crippen LogP contribution in [0.5, 0.6) is 0 Å². The lowest BCUT2D eigenvalue weighted by atomic mass is 9.78. The summed E-state index contributed by atoms with van der Waals surface area (Å²) in [6.45, 7) is 0. The molecule has 2 aliphatic rings. The van der Waals surface area contributed by atoms with Crippen molar-refractivity contribution in [3.8, 4) is 0 Å². The largest absolute Gasteiger partial charge is 0.481 e. The molecule has 0 heterocycles. The van der Waals surface area contributed by atoms with Gasteiger partial charge in [-0.3, -0.25) is 4.79 Å². The molecule has 0 aliphatic heterocycles. The van der Waals surface area contributed by atoms with Gasteiger partial charge in [0.05, 0.1) is 5.92 Å². The van der Waals surface area contributed by atoms with E-state index in [4.69, 9.17) is 5.11 Å². The summed E-state index contributed by atoms with van der Waals surface area (Å²) < 4.78 is 0. The van der Waals surface area contributed by atoms with E-state index in [0.717, 1.165) is 32.1 Å². The zero-order chi connectivity index (χ0) is 12.5. The first-order valence-corrected chi connectivity index (χ1v) is 6.79. The first-order chi connectivity index (χ1) is 8.74. The second-order valence-electron chi connectivity index (χ2n) is 5.50. The van der Waals surface area contributed by atoms with E-state index in [2.05, 4.69) is 29.6 Å². The Bertz CT molecular complexity index is 458. The molecule has 0 aromatic heterocycles. The fraction of sp³-hybridized carbons (Fsp3) is 0.533. The number of carboxylic acids is 1. The number of carboxylic acid groups (broad SMARTS) is 1. The van der Waals surface area contributed by atoms with Crippen LogP contribution in [0.1, 0.15) is 30.4 Å². The molecular formula is C15H19NO2. The van der Waals surface area contributed by atoms with E-state index in [1.54, 1.807) is 0 Å². The van der Waals surface area contributed by atoms with Gasteiger partial charge in [-0.2, -0.15) is 0 Å². The molecule has 0 spiro atoms. The molecule has 2 aliphatic carbocycles. The Kier molecular flexibility index (Phi) is 3.08. The van der Waals surface area contributed by atoms with Gasteiger partial charge in [0.25, 0.3) is 0 Å². The molecule has 0 saturated heterocycles. The van der Waals surface area contributed by atoms with Crippen LogP contribution in [0.3, 0.4) is 0 Å². The number of carbonyl (C=O) groups is 1. The summed E-state index contributed by atoms with van der Waals surface area (Å²) in [6.07, 6.45) is 5.11. The Morgan fingerprint density at radius 3 is 2.61 bits per heavy atom. The van der Waals surface area contributed by atoms with Gasteiger partial charge in [-0.25, -0.2) is 0 Å². The lowest BCUT2D eigenvalue weighted by molar-refractivity contribution is -0.146. The zero-order valence-corrected chi connectivity index (χ0v) is 10.4. The van der Waals surface area contributed by atoms with Gasteiger partial charge in [0.2, 0.25) is 0 Å². The fourth-order valence-electron chi connectivity index (χ4n) is 3.14. The third kappa shape index (κ3) is 2.15. The van der Waals surface area contributed by atoms with Gasteiger partial charge in [-0.1, -0.05) is 24.3 Å². The molecule has 1 aromatic carbocycles. The number of nitrogens with one attached hydrogen (secondary N) is 1. The molecule has 0 bridgehead atoms. The van der Waals surface area contributed by atoms with Crippen LogP contribution in [0.15, 0.2) is 24.3 Å². The first-order valence-electron chi connectivity index (χ1n) is 6.79. The van der Waals surface area contributed by atoms with Crippen molar-refractivity contribution in [2.24, 2.45) is 5.92 Å². The SMILES string of the molecule is O=C(O)C1CCC1NC1CCc2ccccc2C1. The highest BCUT2D eigenvalue weighted by Crippen LogP contribution is 2.30. The Labute approximate surface area is 107 Å². The standard InChI is InChI=1S/C15H19NO2/c17-15(18)13-7-8-14(13)16-12-6-5-10-3-1-2-4-11(10)9-12/h1-4,12-14,16H,5-9H2,(H,17,18). The Balaban J connectivity index is 1.61. The minimum Gasteiger partial charge on any atom is -0.481 e. The highest BCUT2D eigenvalue weighted by molar-refractivity contribution is 5.72. The molecule has 3 nitrogen and oxygen atoms in total. The predicted octanol–water partition coefficient (Wildman–Crippen LogP) is 2.00. The van der Waals surface area contributed by atoms with Gasteiger partial charge in [-0.05, 0) is 43.2 Å². The topological polar surface area (TPSA) is 49.3 Å². The molecule has 3 heteroatoms. The summed E-state index contributed by atoms with van der Waals surface area (Å²) in [5.41, 5.74) is 2.88. The van der Waals surface area contributed by atoms with Crippen LogP contribution in [0.25, 0.3) is 0 Å². The minimum atomic E-state index is -0.644. The average Bonchev–Trinajstić information content (AvgIpc) is 2.33. The van der Waals surface area contributed by atoms with E-state index in [1.165, 1.54) is 11.1 Å². The number of aryl methyl sites for hydroxylation is 1. The highest BCUT2D eigenvalue weighted by atomic mass is 16.4. The maximum Gasteiger partial charge on any atom is 0.308 e. The average molecular weight is 245 g/mol.